The Balaban J connectivity index is 2.93. The van der Waals surface area contributed by atoms with Crippen LogP contribution in [0.3, 0.4) is 0 Å². The summed E-state index contributed by atoms with van der Waals surface area (Å²) in [6.45, 7) is 0. The van der Waals surface area contributed by atoms with Gasteiger partial charge in [-0.3, -0.25) is 0 Å². The number of halogens is 3. The van der Waals surface area contributed by atoms with Crippen molar-refractivity contribution in [1.82, 2.24) is 0 Å². The van der Waals surface area contributed by atoms with Crippen LogP contribution in [0.25, 0.3) is 0 Å². The minimum absolute atomic E-state index is 0.0920. The van der Waals surface area contributed by atoms with E-state index in [9.17, 15) is 13.2 Å². The molecule has 0 spiro atoms. The Morgan fingerprint density at radius 3 is 2.53 bits per heavy atom. The fourth-order valence-electron chi connectivity index (χ4n) is 1.11. The van der Waals surface area contributed by atoms with E-state index in [1.807, 2.05) is 0 Å². The lowest BCUT2D eigenvalue weighted by atomic mass is 10.1. The largest absolute Gasteiger partial charge is 0.416 e. The molecule has 0 heterocycles. The zero-order valence-electron chi connectivity index (χ0n) is 7.75. The summed E-state index contributed by atoms with van der Waals surface area (Å²) in [6, 6.07) is 4.88. The van der Waals surface area contributed by atoms with Crippen LogP contribution in [0.2, 0.25) is 0 Å². The van der Waals surface area contributed by atoms with Crippen LogP contribution in [0.5, 0.6) is 0 Å². The summed E-state index contributed by atoms with van der Waals surface area (Å²) in [5.41, 5.74) is 5.03. The van der Waals surface area contributed by atoms with Gasteiger partial charge in [0.1, 0.15) is 5.84 Å². The molecule has 82 valence electrons. The first-order chi connectivity index (χ1) is 6.93. The normalized spacial score (nSPS) is 12.9. The predicted octanol–water partition coefficient (Wildman–Crippen LogP) is 1.48. The highest BCUT2D eigenvalue weighted by atomic mass is 19.4. The van der Waals surface area contributed by atoms with Gasteiger partial charge in [0, 0.05) is 6.42 Å². The summed E-state index contributed by atoms with van der Waals surface area (Å²) in [5.74, 6) is 4.98. The Bertz CT molecular complexity index is 371. The third-order valence-corrected chi connectivity index (χ3v) is 1.81. The molecule has 0 amide bonds. The maximum absolute atomic E-state index is 12.3. The van der Waals surface area contributed by atoms with E-state index in [1.54, 1.807) is 0 Å². The predicted molar refractivity (Wildman–Crippen MR) is 51.0 cm³/mol. The molecule has 0 aromatic heterocycles. The molecule has 0 saturated heterocycles. The molecule has 4 N–H and O–H groups in total. The summed E-state index contributed by atoms with van der Waals surface area (Å²) < 4.78 is 36.9. The van der Waals surface area contributed by atoms with E-state index < -0.39 is 11.7 Å². The minimum atomic E-state index is -4.34. The summed E-state index contributed by atoms with van der Waals surface area (Å²) in [7, 11) is 0. The molecule has 3 nitrogen and oxygen atoms in total. The fourth-order valence-corrected chi connectivity index (χ4v) is 1.11. The Morgan fingerprint density at radius 2 is 2.00 bits per heavy atom. The SMILES string of the molecule is NN=C(N)Cc1cccc(C(F)(F)F)c1. The monoisotopic (exact) mass is 217 g/mol. The van der Waals surface area contributed by atoms with E-state index in [0.29, 0.717) is 5.56 Å². The van der Waals surface area contributed by atoms with Gasteiger partial charge in [0.05, 0.1) is 5.56 Å². The van der Waals surface area contributed by atoms with Gasteiger partial charge >= 0.3 is 6.18 Å². The summed E-state index contributed by atoms with van der Waals surface area (Å²) >= 11 is 0. The van der Waals surface area contributed by atoms with Crippen molar-refractivity contribution < 1.29 is 13.2 Å². The maximum atomic E-state index is 12.3. The highest BCUT2D eigenvalue weighted by Gasteiger charge is 2.30. The average Bonchev–Trinajstić information content (AvgIpc) is 2.17. The highest BCUT2D eigenvalue weighted by molar-refractivity contribution is 5.82. The Kier molecular flexibility index (Phi) is 3.18. The zero-order valence-corrected chi connectivity index (χ0v) is 7.75. The third kappa shape index (κ3) is 3.16. The van der Waals surface area contributed by atoms with Crippen LogP contribution >= 0.6 is 0 Å². The maximum Gasteiger partial charge on any atom is 0.416 e. The smallest absolute Gasteiger partial charge is 0.385 e. The van der Waals surface area contributed by atoms with Gasteiger partial charge in [-0.25, -0.2) is 0 Å². The number of nitrogens with zero attached hydrogens (tertiary/aromatic N) is 1. The van der Waals surface area contributed by atoms with Crippen LogP contribution in [0.15, 0.2) is 29.4 Å². The van der Waals surface area contributed by atoms with E-state index >= 15 is 0 Å². The van der Waals surface area contributed by atoms with Crippen LogP contribution < -0.4 is 11.6 Å². The van der Waals surface area contributed by atoms with Crippen molar-refractivity contribution in [1.29, 1.82) is 0 Å². The first kappa shape index (κ1) is 11.4. The zero-order chi connectivity index (χ0) is 11.5. The number of nitrogens with two attached hydrogens (primary N) is 2. The van der Waals surface area contributed by atoms with Crippen LogP contribution in [0, 0.1) is 0 Å². The number of hydrazone groups is 1. The molecule has 6 heteroatoms. The molecule has 0 aliphatic heterocycles. The van der Waals surface area contributed by atoms with Gasteiger partial charge in [-0.1, -0.05) is 18.2 Å². The second kappa shape index (κ2) is 4.20. The van der Waals surface area contributed by atoms with Gasteiger partial charge in [-0.15, -0.1) is 0 Å². The van der Waals surface area contributed by atoms with Gasteiger partial charge in [0.15, 0.2) is 0 Å². The highest BCUT2D eigenvalue weighted by Crippen LogP contribution is 2.29. The molecule has 0 bridgehead atoms. The van der Waals surface area contributed by atoms with E-state index in [1.165, 1.54) is 12.1 Å². The van der Waals surface area contributed by atoms with E-state index in [0.717, 1.165) is 12.1 Å². The van der Waals surface area contributed by atoms with Crippen LogP contribution in [0.1, 0.15) is 11.1 Å². The first-order valence-corrected chi connectivity index (χ1v) is 4.12. The molecule has 0 radical (unpaired) electrons. The molecular formula is C9H10F3N3. The molecular weight excluding hydrogens is 207 g/mol. The fraction of sp³-hybridized carbons (Fsp3) is 0.222. The van der Waals surface area contributed by atoms with Gasteiger partial charge in [0.2, 0.25) is 0 Å². The average molecular weight is 217 g/mol. The molecule has 15 heavy (non-hydrogen) atoms. The molecule has 0 aliphatic rings. The molecule has 1 aromatic rings. The van der Waals surface area contributed by atoms with Crippen LogP contribution in [0.4, 0.5) is 13.2 Å². The number of hydrogen-bond donors (Lipinski definition) is 2. The lowest BCUT2D eigenvalue weighted by molar-refractivity contribution is -0.137. The van der Waals surface area contributed by atoms with Crippen LogP contribution in [-0.4, -0.2) is 5.84 Å². The second-order valence-electron chi connectivity index (χ2n) is 3.00. The van der Waals surface area contributed by atoms with Gasteiger partial charge < -0.3 is 11.6 Å². The van der Waals surface area contributed by atoms with Crippen molar-refractivity contribution in [3.63, 3.8) is 0 Å². The molecule has 1 rings (SSSR count). The van der Waals surface area contributed by atoms with E-state index in [2.05, 4.69) is 5.10 Å². The van der Waals surface area contributed by atoms with E-state index in [4.69, 9.17) is 11.6 Å². The van der Waals surface area contributed by atoms with Crippen molar-refractivity contribution >= 4 is 5.84 Å². The molecule has 1 aromatic carbocycles. The van der Waals surface area contributed by atoms with Crippen LogP contribution in [-0.2, 0) is 12.6 Å². The number of amidine groups is 1. The third-order valence-electron chi connectivity index (χ3n) is 1.81. The molecule has 0 fully saturated rings. The quantitative estimate of drug-likeness (QED) is 0.341. The second-order valence-corrected chi connectivity index (χ2v) is 3.00. The summed E-state index contributed by atoms with van der Waals surface area (Å²) in [4.78, 5) is 0. The molecule has 0 saturated carbocycles. The summed E-state index contributed by atoms with van der Waals surface area (Å²) in [6.07, 6.45) is -4.23. The molecule has 0 atom stereocenters. The van der Waals surface area contributed by atoms with Crippen molar-refractivity contribution in [2.75, 3.05) is 0 Å². The number of alkyl halides is 3. The molecule has 0 aliphatic carbocycles. The van der Waals surface area contributed by atoms with Crippen molar-refractivity contribution in [3.8, 4) is 0 Å². The lowest BCUT2D eigenvalue weighted by Crippen LogP contribution is -2.17. The van der Waals surface area contributed by atoms with Crippen molar-refractivity contribution in [2.24, 2.45) is 16.7 Å². The Hall–Kier alpha value is -1.72. The van der Waals surface area contributed by atoms with Crippen molar-refractivity contribution in [3.05, 3.63) is 35.4 Å². The standard InChI is InChI=1S/C9H10F3N3/c10-9(11,12)7-3-1-2-6(4-7)5-8(13)15-14/h1-4H,5,14H2,(H2,13,15). The van der Waals surface area contributed by atoms with Gasteiger partial charge in [-0.2, -0.15) is 18.3 Å². The van der Waals surface area contributed by atoms with E-state index in [-0.39, 0.29) is 12.3 Å². The van der Waals surface area contributed by atoms with Gasteiger partial charge in [0.25, 0.3) is 0 Å². The Morgan fingerprint density at radius 1 is 1.33 bits per heavy atom. The number of rotatable bonds is 2. The lowest BCUT2D eigenvalue weighted by Gasteiger charge is -2.08. The first-order valence-electron chi connectivity index (χ1n) is 4.12. The van der Waals surface area contributed by atoms with Crippen molar-refractivity contribution in [2.45, 2.75) is 12.6 Å². The minimum Gasteiger partial charge on any atom is -0.385 e. The number of hydrogen-bond acceptors (Lipinski definition) is 2. The van der Waals surface area contributed by atoms with Gasteiger partial charge in [-0.05, 0) is 11.6 Å². The number of benzene rings is 1. The molecule has 0 unspecified atom stereocenters. The summed E-state index contributed by atoms with van der Waals surface area (Å²) in [5, 5.41) is 3.19. The topological polar surface area (TPSA) is 64.4 Å². The Labute approximate surface area is 84.6 Å².